The van der Waals surface area contributed by atoms with Crippen molar-refractivity contribution in [3.63, 3.8) is 0 Å². The first kappa shape index (κ1) is 12.0. The van der Waals surface area contributed by atoms with E-state index in [1.54, 1.807) is 10.9 Å². The van der Waals surface area contributed by atoms with Crippen LogP contribution in [0.5, 0.6) is 0 Å². The molecular formula is C11H18N4O2. The van der Waals surface area contributed by atoms with Crippen LogP contribution in [0.25, 0.3) is 0 Å². The highest BCUT2D eigenvalue weighted by Crippen LogP contribution is 2.07. The zero-order valence-electron chi connectivity index (χ0n) is 9.88. The first-order chi connectivity index (χ1) is 8.24. The van der Waals surface area contributed by atoms with Crippen molar-refractivity contribution >= 4 is 5.97 Å². The van der Waals surface area contributed by atoms with E-state index in [2.05, 4.69) is 15.2 Å². The van der Waals surface area contributed by atoms with Crippen LogP contribution in [0.3, 0.4) is 0 Å². The third-order valence-electron chi connectivity index (χ3n) is 2.98. The normalized spacial score (nSPS) is 16.5. The third-order valence-corrected chi connectivity index (χ3v) is 2.98. The van der Waals surface area contributed by atoms with Crippen molar-refractivity contribution in [2.45, 2.75) is 32.2 Å². The van der Waals surface area contributed by atoms with E-state index in [1.165, 1.54) is 25.9 Å². The second kappa shape index (κ2) is 5.77. The van der Waals surface area contributed by atoms with Crippen LogP contribution >= 0.6 is 0 Å². The van der Waals surface area contributed by atoms with Gasteiger partial charge in [0.2, 0.25) is 0 Å². The van der Waals surface area contributed by atoms with Gasteiger partial charge >= 0.3 is 5.97 Å². The molecule has 0 unspecified atom stereocenters. The van der Waals surface area contributed by atoms with Crippen molar-refractivity contribution in [1.82, 2.24) is 19.9 Å². The molecule has 1 fully saturated rings. The lowest BCUT2D eigenvalue weighted by molar-refractivity contribution is -0.136. The quantitative estimate of drug-likeness (QED) is 0.776. The molecule has 1 aliphatic heterocycles. The standard InChI is InChI=1S/C11H18N4O2/c16-11(17)8-10-9-15(13-12-10)7-3-6-14-4-1-2-5-14/h9H,1-8H2,(H,16,17). The Balaban J connectivity index is 1.71. The zero-order valence-corrected chi connectivity index (χ0v) is 9.88. The lowest BCUT2D eigenvalue weighted by atomic mass is 10.3. The molecule has 0 amide bonds. The SMILES string of the molecule is O=C(O)Cc1cn(CCCN2CCCC2)nn1. The summed E-state index contributed by atoms with van der Waals surface area (Å²) in [5.74, 6) is -0.867. The maximum Gasteiger partial charge on any atom is 0.309 e. The van der Waals surface area contributed by atoms with Crippen LogP contribution in [0.1, 0.15) is 25.0 Å². The molecule has 0 bridgehead atoms. The monoisotopic (exact) mass is 238 g/mol. The fourth-order valence-corrected chi connectivity index (χ4v) is 2.15. The Hall–Kier alpha value is -1.43. The molecule has 1 aliphatic rings. The van der Waals surface area contributed by atoms with Gasteiger partial charge in [-0.05, 0) is 38.9 Å². The van der Waals surface area contributed by atoms with E-state index < -0.39 is 5.97 Å². The van der Waals surface area contributed by atoms with Gasteiger partial charge in [0, 0.05) is 12.7 Å². The Morgan fingerprint density at radius 3 is 2.82 bits per heavy atom. The molecule has 0 radical (unpaired) electrons. The summed E-state index contributed by atoms with van der Waals surface area (Å²) < 4.78 is 1.73. The average Bonchev–Trinajstić information content (AvgIpc) is 2.89. The Bertz CT molecular complexity index is 371. The molecule has 1 aromatic heterocycles. The predicted octanol–water partition coefficient (Wildman–Crippen LogP) is 0.391. The predicted molar refractivity (Wildman–Crippen MR) is 61.7 cm³/mol. The number of nitrogens with zero attached hydrogens (tertiary/aromatic N) is 4. The van der Waals surface area contributed by atoms with Crippen molar-refractivity contribution in [1.29, 1.82) is 0 Å². The van der Waals surface area contributed by atoms with Crippen LogP contribution in [0.4, 0.5) is 0 Å². The summed E-state index contributed by atoms with van der Waals surface area (Å²) in [4.78, 5) is 12.9. The van der Waals surface area contributed by atoms with Gasteiger partial charge in [-0.15, -0.1) is 5.10 Å². The van der Waals surface area contributed by atoms with E-state index in [1.807, 2.05) is 0 Å². The maximum atomic E-state index is 10.5. The topological polar surface area (TPSA) is 71.2 Å². The van der Waals surface area contributed by atoms with Crippen molar-refractivity contribution in [3.05, 3.63) is 11.9 Å². The molecule has 2 rings (SSSR count). The molecule has 1 saturated heterocycles. The van der Waals surface area contributed by atoms with Crippen LogP contribution in [-0.2, 0) is 17.8 Å². The van der Waals surface area contributed by atoms with Crippen molar-refractivity contribution in [3.8, 4) is 0 Å². The summed E-state index contributed by atoms with van der Waals surface area (Å²) in [6.07, 6.45) is 5.33. The molecule has 1 N–H and O–H groups in total. The number of aliphatic carboxylic acids is 1. The molecule has 0 spiro atoms. The number of aryl methyl sites for hydroxylation is 1. The highest BCUT2D eigenvalue weighted by molar-refractivity contribution is 5.69. The number of carboxylic acids is 1. The van der Waals surface area contributed by atoms with E-state index >= 15 is 0 Å². The average molecular weight is 238 g/mol. The van der Waals surface area contributed by atoms with Crippen molar-refractivity contribution in [2.24, 2.45) is 0 Å². The number of carboxylic acid groups (broad SMARTS) is 1. The molecule has 0 aliphatic carbocycles. The summed E-state index contributed by atoms with van der Waals surface area (Å²) in [5, 5.41) is 16.4. The highest BCUT2D eigenvalue weighted by atomic mass is 16.4. The number of carbonyl (C=O) groups is 1. The molecule has 6 nitrogen and oxygen atoms in total. The number of aromatic nitrogens is 3. The van der Waals surface area contributed by atoms with Gasteiger partial charge in [-0.2, -0.15) is 0 Å². The fraction of sp³-hybridized carbons (Fsp3) is 0.727. The van der Waals surface area contributed by atoms with Gasteiger partial charge in [-0.3, -0.25) is 9.48 Å². The van der Waals surface area contributed by atoms with Gasteiger partial charge in [0.15, 0.2) is 0 Å². The summed E-state index contributed by atoms with van der Waals surface area (Å²) in [7, 11) is 0. The minimum Gasteiger partial charge on any atom is -0.481 e. The molecule has 1 aromatic rings. The molecule has 17 heavy (non-hydrogen) atoms. The smallest absolute Gasteiger partial charge is 0.309 e. The van der Waals surface area contributed by atoms with E-state index in [4.69, 9.17) is 5.11 Å². The Morgan fingerprint density at radius 2 is 2.12 bits per heavy atom. The van der Waals surface area contributed by atoms with Gasteiger partial charge in [0.05, 0.1) is 12.1 Å². The van der Waals surface area contributed by atoms with Gasteiger partial charge in [0.1, 0.15) is 0 Å². The molecule has 0 atom stereocenters. The lowest BCUT2D eigenvalue weighted by Gasteiger charge is -2.13. The van der Waals surface area contributed by atoms with Crippen LogP contribution in [0, 0.1) is 0 Å². The number of rotatable bonds is 6. The second-order valence-corrected chi connectivity index (χ2v) is 4.45. The van der Waals surface area contributed by atoms with E-state index in [-0.39, 0.29) is 6.42 Å². The third kappa shape index (κ3) is 3.81. The minimum atomic E-state index is -0.867. The lowest BCUT2D eigenvalue weighted by Crippen LogP contribution is -2.21. The molecule has 6 heteroatoms. The summed E-state index contributed by atoms with van der Waals surface area (Å²) in [5.41, 5.74) is 0.527. The molecular weight excluding hydrogens is 220 g/mol. The van der Waals surface area contributed by atoms with E-state index in [0.29, 0.717) is 5.69 Å². The summed E-state index contributed by atoms with van der Waals surface area (Å²) in [6, 6.07) is 0. The van der Waals surface area contributed by atoms with Gasteiger partial charge in [0.25, 0.3) is 0 Å². The largest absolute Gasteiger partial charge is 0.481 e. The Kier molecular flexibility index (Phi) is 4.08. The number of likely N-dealkylation sites (tertiary alicyclic amines) is 1. The van der Waals surface area contributed by atoms with Gasteiger partial charge < -0.3 is 10.0 Å². The van der Waals surface area contributed by atoms with Crippen LogP contribution in [0.2, 0.25) is 0 Å². The van der Waals surface area contributed by atoms with Gasteiger partial charge in [-0.25, -0.2) is 0 Å². The minimum absolute atomic E-state index is 0.0495. The highest BCUT2D eigenvalue weighted by Gasteiger charge is 2.11. The summed E-state index contributed by atoms with van der Waals surface area (Å²) in [6.45, 7) is 4.32. The zero-order chi connectivity index (χ0) is 12.1. The number of hydrogen-bond donors (Lipinski definition) is 1. The molecule has 0 saturated carbocycles. The fourth-order valence-electron chi connectivity index (χ4n) is 2.15. The molecule has 94 valence electrons. The molecule has 0 aromatic carbocycles. The Morgan fingerprint density at radius 1 is 1.35 bits per heavy atom. The first-order valence-corrected chi connectivity index (χ1v) is 6.07. The Labute approximate surface area is 100 Å². The van der Waals surface area contributed by atoms with Crippen LogP contribution < -0.4 is 0 Å². The molecule has 2 heterocycles. The first-order valence-electron chi connectivity index (χ1n) is 6.07. The summed E-state index contributed by atoms with van der Waals surface area (Å²) >= 11 is 0. The second-order valence-electron chi connectivity index (χ2n) is 4.45. The maximum absolute atomic E-state index is 10.5. The van der Waals surface area contributed by atoms with E-state index in [0.717, 1.165) is 19.5 Å². The van der Waals surface area contributed by atoms with Crippen molar-refractivity contribution < 1.29 is 9.90 Å². The van der Waals surface area contributed by atoms with Crippen LogP contribution in [0.15, 0.2) is 6.20 Å². The van der Waals surface area contributed by atoms with Crippen molar-refractivity contribution in [2.75, 3.05) is 19.6 Å². The number of hydrogen-bond acceptors (Lipinski definition) is 4. The van der Waals surface area contributed by atoms with Gasteiger partial charge in [-0.1, -0.05) is 5.21 Å². The van der Waals surface area contributed by atoms with Crippen LogP contribution in [-0.4, -0.2) is 50.6 Å². The van der Waals surface area contributed by atoms with E-state index in [9.17, 15) is 4.79 Å².